The summed E-state index contributed by atoms with van der Waals surface area (Å²) in [6.45, 7) is -0.248. The Kier molecular flexibility index (Phi) is 3.19. The van der Waals surface area contributed by atoms with Crippen LogP contribution in [0.15, 0.2) is 18.3 Å². The highest BCUT2D eigenvalue weighted by Gasteiger charge is 1.99. The van der Waals surface area contributed by atoms with E-state index < -0.39 is 12.6 Å². The fraction of sp³-hybridized carbons (Fsp3) is 0.250. The molecule has 13 heavy (non-hydrogen) atoms. The summed E-state index contributed by atoms with van der Waals surface area (Å²) in [5.41, 5.74) is 5.34. The van der Waals surface area contributed by atoms with Crippen LogP contribution < -0.4 is 11.1 Å². The Morgan fingerprint density at radius 1 is 1.62 bits per heavy atom. The number of nitrogens with two attached hydrogens (primary N) is 1. The maximum absolute atomic E-state index is 11.7. The molecule has 0 aliphatic carbocycles. The maximum Gasteiger partial charge on any atom is 0.250 e. The van der Waals surface area contributed by atoms with Gasteiger partial charge in [0.25, 0.3) is 0 Å². The smallest absolute Gasteiger partial charge is 0.250 e. The number of amides is 1. The number of anilines is 1. The number of primary amides is 1. The third kappa shape index (κ3) is 2.70. The zero-order valence-corrected chi connectivity index (χ0v) is 6.96. The second-order valence-electron chi connectivity index (χ2n) is 2.41. The molecule has 0 saturated heterocycles. The lowest BCUT2D eigenvalue weighted by atomic mass is 10.3. The minimum absolute atomic E-state index is 0.211. The fourth-order valence-corrected chi connectivity index (χ4v) is 0.820. The van der Waals surface area contributed by atoms with Gasteiger partial charge in [0.1, 0.15) is 12.5 Å². The molecule has 0 spiro atoms. The molecule has 1 aromatic heterocycles. The van der Waals surface area contributed by atoms with Crippen molar-refractivity contribution in [3.8, 4) is 0 Å². The maximum atomic E-state index is 11.7. The highest BCUT2D eigenvalue weighted by Crippen LogP contribution is 2.03. The van der Waals surface area contributed by atoms with E-state index in [0.29, 0.717) is 11.4 Å². The molecule has 1 rings (SSSR count). The summed E-state index contributed by atoms with van der Waals surface area (Å²) in [7, 11) is 0. The molecule has 0 saturated carbocycles. The molecule has 1 amide bonds. The first kappa shape index (κ1) is 9.44. The Morgan fingerprint density at radius 3 is 2.85 bits per heavy atom. The lowest BCUT2D eigenvalue weighted by Crippen LogP contribution is -2.12. The van der Waals surface area contributed by atoms with Crippen molar-refractivity contribution in [3.63, 3.8) is 0 Å². The molecule has 0 fully saturated rings. The van der Waals surface area contributed by atoms with Gasteiger partial charge in [-0.1, -0.05) is 0 Å². The highest BCUT2D eigenvalue weighted by molar-refractivity contribution is 5.92. The molecule has 0 aliphatic rings. The second kappa shape index (κ2) is 4.39. The normalized spacial score (nSPS) is 9.62. The molecule has 0 aliphatic heterocycles. The fourth-order valence-electron chi connectivity index (χ4n) is 0.820. The topological polar surface area (TPSA) is 68.0 Å². The van der Waals surface area contributed by atoms with E-state index in [0.717, 1.165) is 0 Å². The van der Waals surface area contributed by atoms with E-state index in [2.05, 4.69) is 10.3 Å². The van der Waals surface area contributed by atoms with Crippen molar-refractivity contribution >= 4 is 11.7 Å². The van der Waals surface area contributed by atoms with Crippen molar-refractivity contribution in [2.24, 2.45) is 5.73 Å². The minimum Gasteiger partial charge on any atom is -0.367 e. The number of carbonyl (C=O) groups excluding carboxylic acids is 1. The molecule has 4 nitrogen and oxygen atoms in total. The highest BCUT2D eigenvalue weighted by atomic mass is 19.1. The van der Waals surface area contributed by atoms with E-state index >= 15 is 0 Å². The summed E-state index contributed by atoms with van der Waals surface area (Å²) in [5, 5.41) is 2.72. The van der Waals surface area contributed by atoms with Crippen LogP contribution in [0, 0.1) is 0 Å². The molecule has 0 unspecified atom stereocenters. The summed E-state index contributed by atoms with van der Waals surface area (Å²) in [5.74, 6) is 0.00666. The molecule has 0 atom stereocenters. The van der Waals surface area contributed by atoms with Crippen LogP contribution in [0.3, 0.4) is 0 Å². The van der Waals surface area contributed by atoms with Crippen LogP contribution in [0.4, 0.5) is 10.2 Å². The van der Waals surface area contributed by atoms with Gasteiger partial charge in [-0.3, -0.25) is 4.79 Å². The number of halogens is 1. The quantitative estimate of drug-likeness (QED) is 0.716. The Hall–Kier alpha value is -1.65. The molecule has 0 radical (unpaired) electrons. The third-order valence-corrected chi connectivity index (χ3v) is 1.45. The van der Waals surface area contributed by atoms with Gasteiger partial charge in [0.05, 0.1) is 5.56 Å². The number of alkyl halides is 1. The Bertz CT molecular complexity index is 286. The van der Waals surface area contributed by atoms with Gasteiger partial charge in [-0.2, -0.15) is 0 Å². The second-order valence-corrected chi connectivity index (χ2v) is 2.41. The molecule has 1 aromatic rings. The van der Waals surface area contributed by atoms with Gasteiger partial charge < -0.3 is 11.1 Å². The Balaban J connectivity index is 2.64. The molecule has 5 heteroatoms. The van der Waals surface area contributed by atoms with Gasteiger partial charge in [-0.05, 0) is 12.1 Å². The number of nitrogens with zero attached hydrogens (tertiary/aromatic N) is 1. The van der Waals surface area contributed by atoms with Crippen molar-refractivity contribution in [3.05, 3.63) is 23.9 Å². The van der Waals surface area contributed by atoms with E-state index in [4.69, 9.17) is 5.73 Å². The first-order valence-electron chi connectivity index (χ1n) is 3.79. The summed E-state index contributed by atoms with van der Waals surface area (Å²) in [6, 6.07) is 3.12. The SMILES string of the molecule is NC(=O)c1ccc(NCCF)nc1. The van der Waals surface area contributed by atoms with Crippen LogP contribution in [0.25, 0.3) is 0 Å². The number of nitrogens with one attached hydrogen (secondary N) is 1. The van der Waals surface area contributed by atoms with E-state index in [1.807, 2.05) is 0 Å². The van der Waals surface area contributed by atoms with E-state index in [1.165, 1.54) is 12.3 Å². The number of hydrogen-bond donors (Lipinski definition) is 2. The third-order valence-electron chi connectivity index (χ3n) is 1.45. The number of carbonyl (C=O) groups is 1. The van der Waals surface area contributed by atoms with Crippen LogP contribution in [0.5, 0.6) is 0 Å². The van der Waals surface area contributed by atoms with Crippen LogP contribution in [-0.4, -0.2) is 24.1 Å². The van der Waals surface area contributed by atoms with Crippen molar-refractivity contribution < 1.29 is 9.18 Å². The van der Waals surface area contributed by atoms with Crippen molar-refractivity contribution in [1.82, 2.24) is 4.98 Å². The number of aromatic nitrogens is 1. The molecule has 0 bridgehead atoms. The zero-order chi connectivity index (χ0) is 9.68. The summed E-state index contributed by atoms with van der Waals surface area (Å²) in [4.78, 5) is 14.5. The predicted molar refractivity (Wildman–Crippen MR) is 47.2 cm³/mol. The lowest BCUT2D eigenvalue weighted by molar-refractivity contribution is 0.1000. The molecule has 1 heterocycles. The molecular weight excluding hydrogens is 173 g/mol. The van der Waals surface area contributed by atoms with E-state index in [9.17, 15) is 9.18 Å². The summed E-state index contributed by atoms with van der Waals surface area (Å²) in [6.07, 6.45) is 1.35. The largest absolute Gasteiger partial charge is 0.367 e. The molecular formula is C8H10FN3O. The van der Waals surface area contributed by atoms with Crippen molar-refractivity contribution in [2.45, 2.75) is 0 Å². The van der Waals surface area contributed by atoms with Gasteiger partial charge in [-0.25, -0.2) is 9.37 Å². The average molecular weight is 183 g/mol. The Morgan fingerprint density at radius 2 is 2.38 bits per heavy atom. The molecule has 3 N–H and O–H groups in total. The molecule has 0 aromatic carbocycles. The minimum atomic E-state index is -0.524. The zero-order valence-electron chi connectivity index (χ0n) is 6.96. The van der Waals surface area contributed by atoms with Crippen LogP contribution in [0.1, 0.15) is 10.4 Å². The number of rotatable bonds is 4. The van der Waals surface area contributed by atoms with E-state index in [-0.39, 0.29) is 6.54 Å². The van der Waals surface area contributed by atoms with Gasteiger partial charge in [0.15, 0.2) is 0 Å². The first-order chi connectivity index (χ1) is 6.24. The molecule has 70 valence electrons. The lowest BCUT2D eigenvalue weighted by Gasteiger charge is -2.02. The van der Waals surface area contributed by atoms with E-state index in [1.54, 1.807) is 6.07 Å². The predicted octanol–water partition coefficient (Wildman–Crippen LogP) is 0.562. The summed E-state index contributed by atoms with van der Waals surface area (Å²) < 4.78 is 11.7. The number of hydrogen-bond acceptors (Lipinski definition) is 3. The van der Waals surface area contributed by atoms with Crippen LogP contribution in [0.2, 0.25) is 0 Å². The van der Waals surface area contributed by atoms with Crippen LogP contribution >= 0.6 is 0 Å². The van der Waals surface area contributed by atoms with Gasteiger partial charge in [-0.15, -0.1) is 0 Å². The van der Waals surface area contributed by atoms with Crippen molar-refractivity contribution in [1.29, 1.82) is 0 Å². The summed E-state index contributed by atoms with van der Waals surface area (Å²) >= 11 is 0. The Labute approximate surface area is 75.0 Å². The first-order valence-corrected chi connectivity index (χ1v) is 3.79. The van der Waals surface area contributed by atoms with Crippen molar-refractivity contribution in [2.75, 3.05) is 18.5 Å². The monoisotopic (exact) mass is 183 g/mol. The number of pyridine rings is 1. The van der Waals surface area contributed by atoms with Crippen LogP contribution in [-0.2, 0) is 0 Å². The van der Waals surface area contributed by atoms with Gasteiger partial charge in [0.2, 0.25) is 5.91 Å². The van der Waals surface area contributed by atoms with Gasteiger partial charge >= 0.3 is 0 Å². The average Bonchev–Trinajstić information content (AvgIpc) is 2.15. The standard InChI is InChI=1S/C8H10FN3O/c9-3-4-11-7-2-1-6(5-12-7)8(10)13/h1-2,5H,3-4H2,(H2,10,13)(H,11,12). The van der Waals surface area contributed by atoms with Gasteiger partial charge in [0, 0.05) is 12.7 Å².